The fourth-order valence-electron chi connectivity index (χ4n) is 1.89. The van der Waals surface area contributed by atoms with Crippen LogP contribution < -0.4 is 10.2 Å². The van der Waals surface area contributed by atoms with Crippen molar-refractivity contribution in [1.82, 2.24) is 5.43 Å². The van der Waals surface area contributed by atoms with Gasteiger partial charge in [0.1, 0.15) is 12.4 Å². The maximum absolute atomic E-state index is 12.0. The van der Waals surface area contributed by atoms with E-state index in [1.165, 1.54) is 6.21 Å². The first-order valence-corrected chi connectivity index (χ1v) is 7.89. The summed E-state index contributed by atoms with van der Waals surface area (Å²) in [7, 11) is 0. The second-order valence-electron chi connectivity index (χ2n) is 4.97. The maximum Gasteiger partial charge on any atom is 0.272 e. The predicted molar refractivity (Wildman–Crippen MR) is 98.4 cm³/mol. The lowest BCUT2D eigenvalue weighted by Gasteiger charge is -2.06. The zero-order valence-corrected chi connectivity index (χ0v) is 14.6. The Kier molecular flexibility index (Phi) is 6.41. The highest BCUT2D eigenvalue weighted by atomic mass is 35.5. The highest BCUT2D eigenvalue weighted by Gasteiger charge is 2.09. The smallest absolute Gasteiger partial charge is 0.272 e. The van der Waals surface area contributed by atoms with Crippen LogP contribution in [-0.4, -0.2) is 18.7 Å². The molecular formula is C18H16Cl2N2O2. The molecule has 0 unspecified atom stereocenters. The summed E-state index contributed by atoms with van der Waals surface area (Å²) in [4.78, 5) is 12.0. The Morgan fingerprint density at radius 2 is 2.04 bits per heavy atom. The quantitative estimate of drug-likeness (QED) is 0.462. The van der Waals surface area contributed by atoms with E-state index in [4.69, 9.17) is 27.9 Å². The standard InChI is InChI=1S/C18H16Cl2N2O2/c1-3-8-24-17-7-5-13(10-16(17)20)11-21-22-18(23)14-6-4-12(2)9-15(14)19/h3-7,9-11H,1,8H2,2H3,(H,22,23)/b21-11-. The average Bonchev–Trinajstić information content (AvgIpc) is 2.54. The summed E-state index contributed by atoms with van der Waals surface area (Å²) in [6.07, 6.45) is 3.13. The molecule has 0 aliphatic rings. The first-order valence-electron chi connectivity index (χ1n) is 7.14. The average molecular weight is 363 g/mol. The third-order valence-corrected chi connectivity index (χ3v) is 3.67. The number of nitrogens with one attached hydrogen (secondary N) is 1. The van der Waals surface area contributed by atoms with Crippen LogP contribution in [0, 0.1) is 6.92 Å². The van der Waals surface area contributed by atoms with Gasteiger partial charge < -0.3 is 4.74 Å². The van der Waals surface area contributed by atoms with Crippen molar-refractivity contribution in [3.05, 3.63) is 75.8 Å². The summed E-state index contributed by atoms with van der Waals surface area (Å²) in [6, 6.07) is 10.4. The van der Waals surface area contributed by atoms with Crippen molar-refractivity contribution in [3.8, 4) is 5.75 Å². The minimum atomic E-state index is -0.381. The molecule has 4 nitrogen and oxygen atoms in total. The molecule has 0 radical (unpaired) electrons. The highest BCUT2D eigenvalue weighted by Crippen LogP contribution is 2.24. The van der Waals surface area contributed by atoms with Gasteiger partial charge in [-0.2, -0.15) is 5.10 Å². The fourth-order valence-corrected chi connectivity index (χ4v) is 2.46. The number of rotatable bonds is 6. The van der Waals surface area contributed by atoms with Crippen LogP contribution >= 0.6 is 23.2 Å². The summed E-state index contributed by atoms with van der Waals surface area (Å²) in [5.74, 6) is 0.178. The van der Waals surface area contributed by atoms with Crippen molar-refractivity contribution in [3.63, 3.8) is 0 Å². The molecule has 0 saturated heterocycles. The van der Waals surface area contributed by atoms with E-state index in [-0.39, 0.29) is 5.91 Å². The van der Waals surface area contributed by atoms with Crippen molar-refractivity contribution in [1.29, 1.82) is 0 Å². The number of hydrazone groups is 1. The van der Waals surface area contributed by atoms with Crippen LogP contribution in [0.5, 0.6) is 5.75 Å². The van der Waals surface area contributed by atoms with Crippen LogP contribution in [0.25, 0.3) is 0 Å². The zero-order valence-electron chi connectivity index (χ0n) is 13.1. The summed E-state index contributed by atoms with van der Waals surface area (Å²) in [5, 5.41) is 4.75. The topological polar surface area (TPSA) is 50.7 Å². The molecule has 2 aromatic carbocycles. The number of halogens is 2. The van der Waals surface area contributed by atoms with Gasteiger partial charge in [0.25, 0.3) is 5.91 Å². The van der Waals surface area contributed by atoms with Gasteiger partial charge in [-0.3, -0.25) is 4.79 Å². The first kappa shape index (κ1) is 18.0. The number of benzene rings is 2. The number of ether oxygens (including phenoxy) is 1. The number of amides is 1. The molecule has 0 fully saturated rings. The van der Waals surface area contributed by atoms with E-state index in [0.717, 1.165) is 11.1 Å². The molecule has 6 heteroatoms. The van der Waals surface area contributed by atoms with Crippen molar-refractivity contribution < 1.29 is 9.53 Å². The van der Waals surface area contributed by atoms with Gasteiger partial charge in [0.15, 0.2) is 0 Å². The highest BCUT2D eigenvalue weighted by molar-refractivity contribution is 6.34. The van der Waals surface area contributed by atoms with E-state index in [1.54, 1.807) is 36.4 Å². The van der Waals surface area contributed by atoms with Gasteiger partial charge in [0.2, 0.25) is 0 Å². The van der Waals surface area contributed by atoms with Crippen LogP contribution in [0.3, 0.4) is 0 Å². The summed E-state index contributed by atoms with van der Waals surface area (Å²) >= 11 is 12.2. The van der Waals surface area contributed by atoms with E-state index in [9.17, 15) is 4.79 Å². The van der Waals surface area contributed by atoms with E-state index >= 15 is 0 Å². The minimum Gasteiger partial charge on any atom is -0.488 e. The SMILES string of the molecule is C=CCOc1ccc(/C=N\NC(=O)c2ccc(C)cc2Cl)cc1Cl. The molecule has 124 valence electrons. The van der Waals surface area contributed by atoms with Crippen LogP contribution in [0.4, 0.5) is 0 Å². The summed E-state index contributed by atoms with van der Waals surface area (Å²) in [5.41, 5.74) is 4.50. The number of aryl methyl sites for hydroxylation is 1. The molecular weight excluding hydrogens is 347 g/mol. The molecule has 0 saturated carbocycles. The molecule has 0 aromatic heterocycles. The van der Waals surface area contributed by atoms with Gasteiger partial charge in [0, 0.05) is 0 Å². The van der Waals surface area contributed by atoms with Crippen LogP contribution in [0.1, 0.15) is 21.5 Å². The molecule has 0 aliphatic carbocycles. The number of carbonyl (C=O) groups excluding carboxylic acids is 1. The van der Waals surface area contributed by atoms with E-state index < -0.39 is 0 Å². The molecule has 1 N–H and O–H groups in total. The Morgan fingerprint density at radius 1 is 1.25 bits per heavy atom. The van der Waals surface area contributed by atoms with Gasteiger partial charge in [0.05, 0.1) is 21.8 Å². The van der Waals surface area contributed by atoms with Gasteiger partial charge in [-0.1, -0.05) is 41.9 Å². The summed E-state index contributed by atoms with van der Waals surface area (Å²) in [6.45, 7) is 5.85. The monoisotopic (exact) mass is 362 g/mol. The molecule has 2 aromatic rings. The predicted octanol–water partition coefficient (Wildman–Crippen LogP) is 4.63. The lowest BCUT2D eigenvalue weighted by molar-refractivity contribution is 0.0955. The third kappa shape index (κ3) is 4.85. The van der Waals surface area contributed by atoms with Crippen molar-refractivity contribution in [2.45, 2.75) is 6.92 Å². The molecule has 1 amide bonds. The van der Waals surface area contributed by atoms with Crippen LogP contribution in [-0.2, 0) is 0 Å². The van der Waals surface area contributed by atoms with E-state index in [1.807, 2.05) is 13.0 Å². The van der Waals surface area contributed by atoms with E-state index in [2.05, 4.69) is 17.1 Å². The second kappa shape index (κ2) is 8.52. The van der Waals surface area contributed by atoms with Gasteiger partial charge in [-0.15, -0.1) is 0 Å². The Balaban J connectivity index is 2.02. The summed E-state index contributed by atoms with van der Waals surface area (Å²) < 4.78 is 5.39. The van der Waals surface area contributed by atoms with Crippen molar-refractivity contribution in [2.75, 3.05) is 6.61 Å². The number of hydrogen-bond acceptors (Lipinski definition) is 3. The number of hydrogen-bond donors (Lipinski definition) is 1. The lowest BCUT2D eigenvalue weighted by atomic mass is 10.1. The number of carbonyl (C=O) groups is 1. The van der Waals surface area contributed by atoms with Crippen LogP contribution in [0.15, 0.2) is 54.2 Å². The Morgan fingerprint density at radius 3 is 2.71 bits per heavy atom. The molecule has 0 bridgehead atoms. The van der Waals surface area contributed by atoms with Crippen molar-refractivity contribution >= 4 is 35.3 Å². The first-order chi connectivity index (χ1) is 11.5. The Labute approximate surface area is 150 Å². The Hall–Kier alpha value is -2.30. The Bertz CT molecular complexity index is 789. The molecule has 0 aliphatic heterocycles. The molecule has 0 spiro atoms. The minimum absolute atomic E-state index is 0.366. The zero-order chi connectivity index (χ0) is 17.5. The van der Waals surface area contributed by atoms with E-state index in [0.29, 0.717) is 28.0 Å². The molecule has 0 heterocycles. The van der Waals surface area contributed by atoms with Crippen molar-refractivity contribution in [2.24, 2.45) is 5.10 Å². The molecule has 0 atom stereocenters. The molecule has 2 rings (SSSR count). The lowest BCUT2D eigenvalue weighted by Crippen LogP contribution is -2.18. The largest absolute Gasteiger partial charge is 0.488 e. The van der Waals surface area contributed by atoms with Gasteiger partial charge in [-0.25, -0.2) is 5.43 Å². The second-order valence-corrected chi connectivity index (χ2v) is 5.79. The van der Waals surface area contributed by atoms with Gasteiger partial charge in [-0.05, 0) is 48.4 Å². The van der Waals surface area contributed by atoms with Crippen LogP contribution in [0.2, 0.25) is 10.0 Å². The maximum atomic E-state index is 12.0. The normalized spacial score (nSPS) is 10.6. The third-order valence-electron chi connectivity index (χ3n) is 3.06. The fraction of sp³-hybridized carbons (Fsp3) is 0.111. The molecule has 24 heavy (non-hydrogen) atoms. The number of nitrogens with zero attached hydrogens (tertiary/aromatic N) is 1. The van der Waals surface area contributed by atoms with Gasteiger partial charge >= 0.3 is 0 Å².